The summed E-state index contributed by atoms with van der Waals surface area (Å²) in [5, 5.41) is 21.1. The van der Waals surface area contributed by atoms with Crippen LogP contribution in [0.5, 0.6) is 0 Å². The van der Waals surface area contributed by atoms with Crippen LogP contribution in [0, 0.1) is 0 Å². The third-order valence-corrected chi connectivity index (χ3v) is 4.73. The molecule has 3 rings (SSSR count). The second-order valence-electron chi connectivity index (χ2n) is 5.96. The molecule has 174 valence electrons. The number of carbonyl (C=O) groups is 1. The van der Waals surface area contributed by atoms with Gasteiger partial charge < -0.3 is 10.8 Å². The van der Waals surface area contributed by atoms with Crippen molar-refractivity contribution < 1.29 is 31.9 Å². The van der Waals surface area contributed by atoms with E-state index < -0.39 is 23.9 Å². The Morgan fingerprint density at radius 2 is 1.91 bits per heavy atom. The summed E-state index contributed by atoms with van der Waals surface area (Å²) >= 11 is 1.30. The first kappa shape index (κ1) is 24.9. The van der Waals surface area contributed by atoms with Gasteiger partial charge in [-0.05, 0) is 29.0 Å². The summed E-state index contributed by atoms with van der Waals surface area (Å²) in [6.45, 7) is 2.00. The summed E-state index contributed by atoms with van der Waals surface area (Å²) in [5.74, 6) is -2.76. The minimum absolute atomic E-state index is 0.354. The second-order valence-corrected chi connectivity index (χ2v) is 6.85. The van der Waals surface area contributed by atoms with Crippen molar-refractivity contribution in [2.45, 2.75) is 26.2 Å². The summed E-state index contributed by atoms with van der Waals surface area (Å²) in [5.41, 5.74) is 6.10. The first-order valence-corrected chi connectivity index (χ1v) is 9.53. The van der Waals surface area contributed by atoms with Gasteiger partial charge in [-0.3, -0.25) is 4.68 Å². The molecule has 3 N–H and O–H groups in total. The second kappa shape index (κ2) is 10.3. The Morgan fingerprint density at radius 3 is 2.41 bits per heavy atom. The van der Waals surface area contributed by atoms with Crippen LogP contribution in [0.3, 0.4) is 0 Å². The lowest BCUT2D eigenvalue weighted by Crippen LogP contribution is -2.26. The van der Waals surface area contributed by atoms with Crippen LogP contribution in [-0.4, -0.2) is 53.4 Å². The average Bonchev–Trinajstić information content (AvgIpc) is 3.45. The molecule has 16 heteroatoms. The molecule has 0 aliphatic rings. The number of hydrogen-bond acceptors (Lipinski definition) is 7. The molecule has 0 unspecified atom stereocenters. The molecule has 0 aromatic carbocycles. The molecule has 0 saturated carbocycles. The van der Waals surface area contributed by atoms with E-state index in [2.05, 4.69) is 15.5 Å². The zero-order valence-corrected chi connectivity index (χ0v) is 17.1. The van der Waals surface area contributed by atoms with Crippen LogP contribution in [0.4, 0.5) is 22.0 Å². The van der Waals surface area contributed by atoms with Crippen LogP contribution in [0.15, 0.2) is 40.3 Å². The molecule has 3 aromatic rings. The lowest BCUT2D eigenvalue weighted by molar-refractivity contribution is -0.192. The smallest absolute Gasteiger partial charge is 0.475 e. The van der Waals surface area contributed by atoms with E-state index in [-0.39, 0.29) is 18.7 Å². The van der Waals surface area contributed by atoms with Crippen molar-refractivity contribution in [3.05, 3.63) is 46.0 Å². The van der Waals surface area contributed by atoms with E-state index in [1.165, 1.54) is 11.3 Å². The van der Waals surface area contributed by atoms with E-state index in [0.717, 1.165) is 27.0 Å². The van der Waals surface area contributed by atoms with Crippen molar-refractivity contribution in [2.75, 3.05) is 6.54 Å². The predicted molar refractivity (Wildman–Crippen MR) is 102 cm³/mol. The standard InChI is InChI=1S/C14H15F2N7OS.C2HF3O2/c1-2-21-6-11(5-18-21)9-3-12(25-8-9)23-14(24)22(19-20-23)7-10(4-17)13(15)16;3-2(4,5)1(6)7/h3,5-6,8H,2,4,7,17H2,1H3;(H,6,7). The van der Waals surface area contributed by atoms with Crippen LogP contribution in [-0.2, 0) is 17.9 Å². The molecule has 0 fully saturated rings. The molecule has 0 aliphatic heterocycles. The lowest BCUT2D eigenvalue weighted by atomic mass is 10.2. The van der Waals surface area contributed by atoms with Gasteiger partial charge in [-0.2, -0.15) is 36.4 Å². The van der Waals surface area contributed by atoms with Crippen LogP contribution in [0.25, 0.3) is 16.1 Å². The largest absolute Gasteiger partial charge is 0.490 e. The Kier molecular flexibility index (Phi) is 7.98. The van der Waals surface area contributed by atoms with Gasteiger partial charge in [0.1, 0.15) is 5.00 Å². The Bertz CT molecular complexity index is 1160. The van der Waals surface area contributed by atoms with Crippen molar-refractivity contribution in [3.8, 4) is 16.1 Å². The maximum atomic E-state index is 12.7. The van der Waals surface area contributed by atoms with Gasteiger partial charge in [0.2, 0.25) is 0 Å². The van der Waals surface area contributed by atoms with E-state index in [0.29, 0.717) is 5.00 Å². The summed E-state index contributed by atoms with van der Waals surface area (Å²) in [6, 6.07) is 1.78. The Labute approximate surface area is 180 Å². The van der Waals surface area contributed by atoms with Gasteiger partial charge in [0.25, 0.3) is 6.08 Å². The van der Waals surface area contributed by atoms with Crippen LogP contribution in [0.1, 0.15) is 6.92 Å². The number of rotatable bonds is 6. The van der Waals surface area contributed by atoms with Gasteiger partial charge in [-0.15, -0.1) is 11.3 Å². The maximum absolute atomic E-state index is 12.7. The van der Waals surface area contributed by atoms with Gasteiger partial charge in [-0.1, -0.05) is 0 Å². The molecule has 0 atom stereocenters. The molecule has 0 spiro atoms. The van der Waals surface area contributed by atoms with Gasteiger partial charge in [-0.25, -0.2) is 9.59 Å². The van der Waals surface area contributed by atoms with Crippen molar-refractivity contribution in [2.24, 2.45) is 5.73 Å². The minimum Gasteiger partial charge on any atom is -0.475 e. The Balaban J connectivity index is 0.000000451. The molecular formula is C16H16F5N7O3S. The van der Waals surface area contributed by atoms with Crippen molar-refractivity contribution in [1.82, 2.24) is 29.6 Å². The third kappa shape index (κ3) is 6.07. The van der Waals surface area contributed by atoms with E-state index in [1.807, 2.05) is 18.5 Å². The number of tetrazole rings is 1. The van der Waals surface area contributed by atoms with Crippen molar-refractivity contribution in [1.29, 1.82) is 0 Å². The molecule has 0 radical (unpaired) electrons. The normalized spacial score (nSPS) is 11.1. The first-order chi connectivity index (χ1) is 15.0. The maximum Gasteiger partial charge on any atom is 0.490 e. The Hall–Kier alpha value is -3.40. The highest BCUT2D eigenvalue weighted by Gasteiger charge is 2.38. The summed E-state index contributed by atoms with van der Waals surface area (Å²) in [6.07, 6.45) is -3.36. The van der Waals surface area contributed by atoms with Gasteiger partial charge in [0, 0.05) is 35.8 Å². The van der Waals surface area contributed by atoms with E-state index in [9.17, 15) is 26.7 Å². The monoisotopic (exact) mass is 481 g/mol. The number of aliphatic carboxylic acids is 1. The van der Waals surface area contributed by atoms with Crippen LogP contribution < -0.4 is 11.4 Å². The number of nitrogens with zero attached hydrogens (tertiary/aromatic N) is 6. The average molecular weight is 481 g/mol. The molecule has 32 heavy (non-hydrogen) atoms. The number of hydrogen-bond donors (Lipinski definition) is 2. The lowest BCUT2D eigenvalue weighted by Gasteiger charge is -2.00. The number of aryl methyl sites for hydroxylation is 1. The number of halogens is 5. The van der Waals surface area contributed by atoms with Gasteiger partial charge in [0.15, 0.2) is 0 Å². The molecule has 0 saturated heterocycles. The third-order valence-electron chi connectivity index (χ3n) is 3.82. The summed E-state index contributed by atoms with van der Waals surface area (Å²) in [4.78, 5) is 21.2. The quantitative estimate of drug-likeness (QED) is 0.515. The molecule has 3 heterocycles. The number of nitrogens with two attached hydrogens (primary N) is 1. The summed E-state index contributed by atoms with van der Waals surface area (Å²) in [7, 11) is 0. The van der Waals surface area contributed by atoms with Gasteiger partial charge >= 0.3 is 17.8 Å². The van der Waals surface area contributed by atoms with E-state index in [4.69, 9.17) is 15.6 Å². The molecule has 0 bridgehead atoms. The SMILES string of the molecule is CCn1cc(-c2csc(-n3nnn(CC(CN)=C(F)F)c3=O)c2)cn1.O=C(O)C(F)(F)F. The molecular weight excluding hydrogens is 465 g/mol. The van der Waals surface area contributed by atoms with Crippen molar-refractivity contribution >= 4 is 17.3 Å². The topological polar surface area (TPSA) is 134 Å². The first-order valence-electron chi connectivity index (χ1n) is 8.65. The highest BCUT2D eigenvalue weighted by Crippen LogP contribution is 2.26. The molecule has 10 nitrogen and oxygen atoms in total. The zero-order chi connectivity index (χ0) is 24.1. The number of carboxylic acids is 1. The fourth-order valence-corrected chi connectivity index (χ4v) is 3.03. The highest BCUT2D eigenvalue weighted by molar-refractivity contribution is 7.13. The zero-order valence-electron chi connectivity index (χ0n) is 16.3. The highest BCUT2D eigenvalue weighted by atomic mass is 32.1. The van der Waals surface area contributed by atoms with E-state index >= 15 is 0 Å². The number of thiophene rings is 1. The van der Waals surface area contributed by atoms with E-state index in [1.54, 1.807) is 16.9 Å². The number of alkyl halides is 3. The Morgan fingerprint density at radius 1 is 1.25 bits per heavy atom. The fourth-order valence-electron chi connectivity index (χ4n) is 2.17. The van der Waals surface area contributed by atoms with Gasteiger partial charge in [0.05, 0.1) is 12.7 Å². The predicted octanol–water partition coefficient (Wildman–Crippen LogP) is 2.12. The fraction of sp³-hybridized carbons (Fsp3) is 0.312. The number of aromatic nitrogens is 6. The number of carboxylic acid groups (broad SMARTS) is 1. The molecule has 0 aliphatic carbocycles. The molecule has 3 aromatic heterocycles. The van der Waals surface area contributed by atoms with Crippen molar-refractivity contribution in [3.63, 3.8) is 0 Å². The molecule has 0 amide bonds. The van der Waals surface area contributed by atoms with Crippen LogP contribution in [0.2, 0.25) is 0 Å². The minimum atomic E-state index is -5.08. The summed E-state index contributed by atoms with van der Waals surface area (Å²) < 4.78 is 60.8. The van der Waals surface area contributed by atoms with Crippen LogP contribution >= 0.6 is 11.3 Å².